The Morgan fingerprint density at radius 2 is 1.96 bits per heavy atom. The van der Waals surface area contributed by atoms with Gasteiger partial charge < -0.3 is 4.42 Å². The van der Waals surface area contributed by atoms with Gasteiger partial charge in [0.25, 0.3) is 0 Å². The topological polar surface area (TPSA) is 67.5 Å². The van der Waals surface area contributed by atoms with E-state index < -0.39 is 5.63 Å². The van der Waals surface area contributed by atoms with Gasteiger partial charge in [-0.1, -0.05) is 46.3 Å². The van der Waals surface area contributed by atoms with Gasteiger partial charge in [0.2, 0.25) is 5.13 Å². The number of fused-ring (bicyclic) bond motifs is 1. The van der Waals surface area contributed by atoms with Crippen molar-refractivity contribution < 1.29 is 4.42 Å². The molecule has 134 valence electrons. The molecule has 2 aromatic heterocycles. The van der Waals surface area contributed by atoms with E-state index in [9.17, 15) is 4.79 Å². The van der Waals surface area contributed by atoms with Crippen molar-refractivity contribution in [1.29, 1.82) is 0 Å². The van der Waals surface area contributed by atoms with Crippen LogP contribution in [0, 0.1) is 0 Å². The second kappa shape index (κ2) is 7.75. The molecule has 4 aromatic rings. The van der Waals surface area contributed by atoms with E-state index in [-0.39, 0.29) is 0 Å². The minimum absolute atomic E-state index is 0.406. The van der Waals surface area contributed by atoms with Crippen molar-refractivity contribution in [2.45, 2.75) is 0 Å². The summed E-state index contributed by atoms with van der Waals surface area (Å²) < 4.78 is 7.07. The molecular formula is C19H11Br2N3O2S. The molecule has 0 aliphatic heterocycles. The molecule has 0 unspecified atom stereocenters. The van der Waals surface area contributed by atoms with Crippen LogP contribution in [0.1, 0.15) is 5.56 Å². The number of rotatable bonds is 4. The van der Waals surface area contributed by atoms with Gasteiger partial charge in [-0.3, -0.25) is 5.43 Å². The van der Waals surface area contributed by atoms with Crippen LogP contribution in [0.3, 0.4) is 0 Å². The van der Waals surface area contributed by atoms with Crippen LogP contribution in [0.4, 0.5) is 5.13 Å². The zero-order valence-corrected chi connectivity index (χ0v) is 17.6. The van der Waals surface area contributed by atoms with Crippen LogP contribution in [0.25, 0.3) is 22.2 Å². The predicted molar refractivity (Wildman–Crippen MR) is 117 cm³/mol. The summed E-state index contributed by atoms with van der Waals surface area (Å²) in [6.45, 7) is 0. The first-order chi connectivity index (χ1) is 13.1. The highest BCUT2D eigenvalue weighted by Crippen LogP contribution is 2.31. The quantitative estimate of drug-likeness (QED) is 0.214. The summed E-state index contributed by atoms with van der Waals surface area (Å²) in [5, 5.41) is 7.36. The predicted octanol–water partition coefficient (Wildman–Crippen LogP) is 5.89. The lowest BCUT2D eigenvalue weighted by atomic mass is 10.1. The average Bonchev–Trinajstić information content (AvgIpc) is 3.11. The van der Waals surface area contributed by atoms with Crippen molar-refractivity contribution in [1.82, 2.24) is 4.98 Å². The van der Waals surface area contributed by atoms with Crippen LogP contribution >= 0.6 is 43.2 Å². The summed E-state index contributed by atoms with van der Waals surface area (Å²) in [5.41, 5.74) is 4.89. The van der Waals surface area contributed by atoms with Crippen molar-refractivity contribution in [2.75, 3.05) is 5.43 Å². The van der Waals surface area contributed by atoms with Gasteiger partial charge in [0.1, 0.15) is 0 Å². The van der Waals surface area contributed by atoms with Gasteiger partial charge in [-0.05, 0) is 39.7 Å². The van der Waals surface area contributed by atoms with Crippen LogP contribution in [-0.2, 0) is 0 Å². The Kier molecular flexibility index (Phi) is 5.20. The molecule has 2 heterocycles. The number of hydrazone groups is 1. The van der Waals surface area contributed by atoms with Crippen molar-refractivity contribution in [3.8, 4) is 11.3 Å². The summed E-state index contributed by atoms with van der Waals surface area (Å²) in [7, 11) is 0. The van der Waals surface area contributed by atoms with Gasteiger partial charge in [-0.25, -0.2) is 9.78 Å². The highest BCUT2D eigenvalue weighted by molar-refractivity contribution is 9.11. The summed E-state index contributed by atoms with van der Waals surface area (Å²) >= 11 is 8.22. The molecule has 27 heavy (non-hydrogen) atoms. The van der Waals surface area contributed by atoms with Gasteiger partial charge in [0.05, 0.1) is 21.9 Å². The standard InChI is InChI=1S/C19H11Br2N3O2S/c20-13-6-12-7-14(18(25)26-17(12)15(21)8-13)16-10-27-19(23-16)24-22-9-11-4-2-1-3-5-11/h1-10H,(H,23,24). The van der Waals surface area contributed by atoms with Gasteiger partial charge in [-0.15, -0.1) is 11.3 Å². The lowest BCUT2D eigenvalue weighted by molar-refractivity contribution is 0.561. The number of nitrogens with zero attached hydrogens (tertiary/aromatic N) is 2. The summed E-state index contributed by atoms with van der Waals surface area (Å²) in [5.74, 6) is 0. The molecule has 0 saturated heterocycles. The lowest BCUT2D eigenvalue weighted by Crippen LogP contribution is -2.03. The first-order valence-corrected chi connectivity index (χ1v) is 10.3. The van der Waals surface area contributed by atoms with E-state index in [0.29, 0.717) is 26.4 Å². The summed E-state index contributed by atoms with van der Waals surface area (Å²) in [4.78, 5) is 16.8. The van der Waals surface area contributed by atoms with Crippen LogP contribution in [0.5, 0.6) is 0 Å². The molecule has 0 saturated carbocycles. The van der Waals surface area contributed by atoms with E-state index in [4.69, 9.17) is 4.42 Å². The number of anilines is 1. The number of thiazole rings is 1. The van der Waals surface area contributed by atoms with Gasteiger partial charge in [0, 0.05) is 15.2 Å². The molecule has 1 N–H and O–H groups in total. The highest BCUT2D eigenvalue weighted by Gasteiger charge is 2.13. The van der Waals surface area contributed by atoms with Gasteiger partial charge in [-0.2, -0.15) is 5.10 Å². The maximum Gasteiger partial charge on any atom is 0.345 e. The third-order valence-corrected chi connectivity index (χ3v) is 5.50. The Hall–Kier alpha value is -2.29. The lowest BCUT2D eigenvalue weighted by Gasteiger charge is -2.03. The largest absolute Gasteiger partial charge is 0.421 e. The third kappa shape index (κ3) is 4.02. The number of aromatic nitrogens is 1. The molecule has 0 amide bonds. The Labute approximate surface area is 175 Å². The maximum absolute atomic E-state index is 12.4. The first-order valence-electron chi connectivity index (χ1n) is 7.83. The molecule has 4 rings (SSSR count). The molecule has 5 nitrogen and oxygen atoms in total. The van der Waals surface area contributed by atoms with E-state index in [2.05, 4.69) is 47.4 Å². The van der Waals surface area contributed by atoms with Crippen LogP contribution in [-0.4, -0.2) is 11.2 Å². The SMILES string of the molecule is O=c1oc2c(Br)cc(Br)cc2cc1-c1csc(NN=Cc2ccccc2)n1. The molecule has 0 fully saturated rings. The Bertz CT molecular complexity index is 1200. The highest BCUT2D eigenvalue weighted by atomic mass is 79.9. The van der Waals surface area contributed by atoms with Gasteiger partial charge in [0.15, 0.2) is 5.58 Å². The van der Waals surface area contributed by atoms with Crippen LogP contribution in [0.2, 0.25) is 0 Å². The minimum atomic E-state index is -0.435. The number of hydrogen-bond donors (Lipinski definition) is 1. The van der Waals surface area contributed by atoms with E-state index in [1.54, 1.807) is 17.7 Å². The monoisotopic (exact) mass is 503 g/mol. The fraction of sp³-hybridized carbons (Fsp3) is 0. The fourth-order valence-electron chi connectivity index (χ4n) is 2.49. The third-order valence-electron chi connectivity index (χ3n) is 3.71. The molecule has 0 aliphatic rings. The smallest absolute Gasteiger partial charge is 0.345 e. The van der Waals surface area contributed by atoms with E-state index >= 15 is 0 Å². The van der Waals surface area contributed by atoms with Crippen LogP contribution < -0.4 is 11.1 Å². The van der Waals surface area contributed by atoms with Crippen molar-refractivity contribution in [2.24, 2.45) is 5.10 Å². The number of benzene rings is 2. The molecule has 0 aliphatic carbocycles. The van der Waals surface area contributed by atoms with Crippen molar-refractivity contribution >= 4 is 65.5 Å². The first kappa shape index (κ1) is 18.1. The van der Waals surface area contributed by atoms with Gasteiger partial charge >= 0.3 is 5.63 Å². The Morgan fingerprint density at radius 3 is 2.78 bits per heavy atom. The molecule has 0 radical (unpaired) electrons. The fourth-order valence-corrected chi connectivity index (χ4v) is 4.48. The van der Waals surface area contributed by atoms with E-state index in [1.165, 1.54) is 11.3 Å². The second-order valence-corrected chi connectivity index (χ2v) is 8.20. The molecule has 8 heteroatoms. The Morgan fingerprint density at radius 1 is 1.15 bits per heavy atom. The number of nitrogens with one attached hydrogen (secondary N) is 1. The zero-order valence-electron chi connectivity index (χ0n) is 13.6. The summed E-state index contributed by atoms with van der Waals surface area (Å²) in [6.07, 6.45) is 1.71. The van der Waals surface area contributed by atoms with E-state index in [1.807, 2.05) is 42.5 Å². The number of hydrogen-bond acceptors (Lipinski definition) is 6. The minimum Gasteiger partial charge on any atom is -0.421 e. The zero-order chi connectivity index (χ0) is 18.8. The maximum atomic E-state index is 12.4. The molecular weight excluding hydrogens is 494 g/mol. The average molecular weight is 505 g/mol. The summed E-state index contributed by atoms with van der Waals surface area (Å²) in [6, 6.07) is 15.2. The van der Waals surface area contributed by atoms with Crippen molar-refractivity contribution in [3.05, 3.63) is 78.8 Å². The van der Waals surface area contributed by atoms with Crippen molar-refractivity contribution in [3.63, 3.8) is 0 Å². The number of halogens is 2. The van der Waals surface area contributed by atoms with Crippen LogP contribution in [0.15, 0.2) is 77.2 Å². The van der Waals surface area contributed by atoms with E-state index in [0.717, 1.165) is 15.4 Å². The molecule has 0 atom stereocenters. The molecule has 2 aromatic carbocycles. The molecule has 0 bridgehead atoms. The normalized spacial score (nSPS) is 11.3. The second-order valence-electron chi connectivity index (χ2n) is 5.57. The Balaban J connectivity index is 1.62. The molecule has 0 spiro atoms.